The Kier molecular flexibility index (Phi) is 5.22. The fourth-order valence-corrected chi connectivity index (χ4v) is 7.30. The highest BCUT2D eigenvalue weighted by Gasteiger charge is 2.25. The zero-order valence-electron chi connectivity index (χ0n) is 24.7. The molecule has 4 heterocycles. The van der Waals surface area contributed by atoms with Crippen molar-refractivity contribution in [3.63, 3.8) is 0 Å². The van der Waals surface area contributed by atoms with Crippen LogP contribution in [0.1, 0.15) is 0 Å². The second-order valence-electron chi connectivity index (χ2n) is 11.7. The van der Waals surface area contributed by atoms with E-state index in [2.05, 4.69) is 129 Å². The number of fused-ring (bicyclic) bond motifs is 11. The largest absolute Gasteiger partial charge is 0.308 e. The van der Waals surface area contributed by atoms with E-state index in [1.807, 2.05) is 36.7 Å². The molecule has 0 atom stereocenters. The maximum atomic E-state index is 5.38. The summed E-state index contributed by atoms with van der Waals surface area (Å²) >= 11 is 0. The van der Waals surface area contributed by atoms with Crippen LogP contribution < -0.4 is 0 Å². The van der Waals surface area contributed by atoms with Crippen molar-refractivity contribution in [3.8, 4) is 22.9 Å². The van der Waals surface area contributed by atoms with Crippen molar-refractivity contribution in [3.05, 3.63) is 152 Å². The summed E-state index contributed by atoms with van der Waals surface area (Å²) in [4.78, 5) is 15.1. The standard InChI is InChI=1S/C41H25N5/c1-3-13-26(14-4-1)40-43-33-20-10-7-17-29(33)41(44-40)46-35-22-12-8-18-30(35)36-28-23-24-42-25-32(28)38-37(39(36)46)31-19-9-11-21-34(31)45(38)27-15-5-2-6-16-27/h1-25H. The first kappa shape index (κ1) is 25.0. The predicted octanol–water partition coefficient (Wildman–Crippen LogP) is 10.0. The van der Waals surface area contributed by atoms with Crippen molar-refractivity contribution < 1.29 is 0 Å². The highest BCUT2D eigenvalue weighted by Crippen LogP contribution is 2.46. The minimum Gasteiger partial charge on any atom is -0.308 e. The molecule has 0 saturated carbocycles. The van der Waals surface area contributed by atoms with Crippen LogP contribution in [0.15, 0.2) is 152 Å². The van der Waals surface area contributed by atoms with E-state index in [0.29, 0.717) is 5.82 Å². The molecule has 0 aliphatic heterocycles. The Morgan fingerprint density at radius 3 is 1.85 bits per heavy atom. The minimum atomic E-state index is 0.702. The molecule has 0 radical (unpaired) electrons. The molecule has 0 aliphatic rings. The van der Waals surface area contributed by atoms with Crippen molar-refractivity contribution in [1.29, 1.82) is 0 Å². The molecule has 6 aromatic carbocycles. The van der Waals surface area contributed by atoms with E-state index >= 15 is 0 Å². The van der Waals surface area contributed by atoms with Gasteiger partial charge in [0, 0.05) is 56.0 Å². The Morgan fingerprint density at radius 1 is 0.435 bits per heavy atom. The van der Waals surface area contributed by atoms with Gasteiger partial charge in [-0.3, -0.25) is 9.55 Å². The van der Waals surface area contributed by atoms with Crippen molar-refractivity contribution in [2.45, 2.75) is 0 Å². The van der Waals surface area contributed by atoms with Gasteiger partial charge in [-0.1, -0.05) is 97.1 Å². The van der Waals surface area contributed by atoms with Gasteiger partial charge < -0.3 is 4.57 Å². The van der Waals surface area contributed by atoms with Gasteiger partial charge in [-0.15, -0.1) is 0 Å². The van der Waals surface area contributed by atoms with Crippen molar-refractivity contribution in [1.82, 2.24) is 24.1 Å². The fourth-order valence-electron chi connectivity index (χ4n) is 7.30. The molecule has 0 N–H and O–H groups in total. The van der Waals surface area contributed by atoms with Gasteiger partial charge in [0.05, 0.1) is 27.6 Å². The van der Waals surface area contributed by atoms with Gasteiger partial charge in [0.2, 0.25) is 0 Å². The molecule has 0 unspecified atom stereocenters. The van der Waals surface area contributed by atoms with E-state index in [0.717, 1.165) is 60.8 Å². The van der Waals surface area contributed by atoms with E-state index in [1.54, 1.807) is 0 Å². The molecule has 5 heteroatoms. The van der Waals surface area contributed by atoms with E-state index in [9.17, 15) is 0 Å². The van der Waals surface area contributed by atoms with E-state index in [1.165, 1.54) is 21.5 Å². The van der Waals surface area contributed by atoms with Crippen LogP contribution in [0.5, 0.6) is 0 Å². The molecule has 214 valence electrons. The summed E-state index contributed by atoms with van der Waals surface area (Å²) in [6, 6.07) is 48.8. The van der Waals surface area contributed by atoms with Crippen LogP contribution in [0.4, 0.5) is 0 Å². The minimum absolute atomic E-state index is 0.702. The first-order chi connectivity index (χ1) is 22.9. The lowest BCUT2D eigenvalue weighted by molar-refractivity contribution is 1.08. The summed E-state index contributed by atoms with van der Waals surface area (Å²) in [5.41, 5.74) is 7.51. The van der Waals surface area contributed by atoms with Gasteiger partial charge >= 0.3 is 0 Å². The molecule has 0 spiro atoms. The monoisotopic (exact) mass is 587 g/mol. The third kappa shape index (κ3) is 3.42. The second kappa shape index (κ2) is 9.58. The van der Waals surface area contributed by atoms with E-state index in [4.69, 9.17) is 9.97 Å². The zero-order chi connectivity index (χ0) is 30.2. The molecule has 0 bridgehead atoms. The normalized spacial score (nSPS) is 11.9. The number of benzene rings is 6. The third-order valence-corrected chi connectivity index (χ3v) is 9.17. The molecule has 4 aromatic heterocycles. The van der Waals surface area contributed by atoms with Gasteiger partial charge in [0.15, 0.2) is 5.82 Å². The topological polar surface area (TPSA) is 48.5 Å². The average molecular weight is 588 g/mol. The van der Waals surface area contributed by atoms with Gasteiger partial charge in [0.25, 0.3) is 0 Å². The van der Waals surface area contributed by atoms with Crippen LogP contribution in [0.3, 0.4) is 0 Å². The number of rotatable bonds is 3. The van der Waals surface area contributed by atoms with Crippen LogP contribution in [0, 0.1) is 0 Å². The Hall–Kier alpha value is -6.33. The van der Waals surface area contributed by atoms with Crippen molar-refractivity contribution >= 4 is 65.3 Å². The molecule has 0 saturated heterocycles. The molecule has 46 heavy (non-hydrogen) atoms. The average Bonchev–Trinajstić information content (AvgIpc) is 3.66. The van der Waals surface area contributed by atoms with Crippen LogP contribution in [-0.4, -0.2) is 24.1 Å². The zero-order valence-corrected chi connectivity index (χ0v) is 24.7. The number of para-hydroxylation sites is 4. The Labute approximate surface area is 263 Å². The fraction of sp³-hybridized carbons (Fsp3) is 0. The first-order valence-corrected chi connectivity index (χ1v) is 15.5. The molecule has 0 amide bonds. The lowest BCUT2D eigenvalue weighted by atomic mass is 10.0. The maximum absolute atomic E-state index is 5.38. The number of pyridine rings is 1. The van der Waals surface area contributed by atoms with Gasteiger partial charge in [-0.2, -0.15) is 0 Å². The number of hydrogen-bond donors (Lipinski definition) is 0. The summed E-state index contributed by atoms with van der Waals surface area (Å²) in [5, 5.41) is 8.01. The second-order valence-corrected chi connectivity index (χ2v) is 11.7. The number of aromatic nitrogens is 5. The van der Waals surface area contributed by atoms with Crippen LogP contribution in [-0.2, 0) is 0 Å². The van der Waals surface area contributed by atoms with Gasteiger partial charge in [-0.25, -0.2) is 9.97 Å². The summed E-state index contributed by atoms with van der Waals surface area (Å²) in [5.74, 6) is 1.56. The summed E-state index contributed by atoms with van der Waals surface area (Å²) in [6.45, 7) is 0. The van der Waals surface area contributed by atoms with Crippen molar-refractivity contribution in [2.24, 2.45) is 0 Å². The van der Waals surface area contributed by atoms with Crippen LogP contribution >= 0.6 is 0 Å². The highest BCUT2D eigenvalue weighted by atomic mass is 15.1. The Bertz CT molecular complexity index is 2790. The lowest BCUT2D eigenvalue weighted by Gasteiger charge is -2.14. The van der Waals surface area contributed by atoms with E-state index in [-0.39, 0.29) is 0 Å². The summed E-state index contributed by atoms with van der Waals surface area (Å²) in [6.07, 6.45) is 3.93. The smallest absolute Gasteiger partial charge is 0.162 e. The maximum Gasteiger partial charge on any atom is 0.162 e. The predicted molar refractivity (Wildman–Crippen MR) is 189 cm³/mol. The molecular formula is C41H25N5. The molecule has 0 fully saturated rings. The molecule has 0 aliphatic carbocycles. The molecule has 5 nitrogen and oxygen atoms in total. The van der Waals surface area contributed by atoms with Crippen LogP contribution in [0.25, 0.3) is 88.2 Å². The quantitative estimate of drug-likeness (QED) is 0.207. The highest BCUT2D eigenvalue weighted by molar-refractivity contribution is 6.36. The molecular weight excluding hydrogens is 562 g/mol. The van der Waals surface area contributed by atoms with E-state index < -0.39 is 0 Å². The van der Waals surface area contributed by atoms with Gasteiger partial charge in [0.1, 0.15) is 5.82 Å². The lowest BCUT2D eigenvalue weighted by Crippen LogP contribution is -2.03. The molecule has 10 aromatic rings. The summed E-state index contributed by atoms with van der Waals surface area (Å²) in [7, 11) is 0. The molecule has 10 rings (SSSR count). The van der Waals surface area contributed by atoms with Crippen LogP contribution in [0.2, 0.25) is 0 Å². The Balaban J connectivity index is 1.51. The Morgan fingerprint density at radius 2 is 1.07 bits per heavy atom. The first-order valence-electron chi connectivity index (χ1n) is 15.5. The summed E-state index contributed by atoms with van der Waals surface area (Å²) < 4.78 is 4.77. The SMILES string of the molecule is c1ccc(-c2nc(-n3c4ccccc4c4c5ccncc5c5c(c6ccccc6n5-c5ccccc5)c43)c3ccccc3n2)cc1. The number of nitrogens with zero attached hydrogens (tertiary/aromatic N) is 5. The van der Waals surface area contributed by atoms with Crippen molar-refractivity contribution in [2.75, 3.05) is 0 Å². The van der Waals surface area contributed by atoms with Gasteiger partial charge in [-0.05, 0) is 47.9 Å². The number of hydrogen-bond acceptors (Lipinski definition) is 3. The third-order valence-electron chi connectivity index (χ3n) is 9.17.